The van der Waals surface area contributed by atoms with E-state index in [9.17, 15) is 9.90 Å². The van der Waals surface area contributed by atoms with Gasteiger partial charge in [-0.15, -0.1) is 0 Å². The average Bonchev–Trinajstić information content (AvgIpc) is 3.04. The number of aliphatic hydroxyl groups excluding tert-OH is 1. The van der Waals surface area contributed by atoms with Crippen molar-refractivity contribution in [2.24, 2.45) is 0 Å². The lowest BCUT2D eigenvalue weighted by atomic mass is 10.3. The second-order valence-corrected chi connectivity index (χ2v) is 5.94. The average molecular weight is 278 g/mol. The Kier molecular flexibility index (Phi) is 3.81. The van der Waals surface area contributed by atoms with Gasteiger partial charge in [0.15, 0.2) is 0 Å². The molecule has 0 unspecified atom stereocenters. The second-order valence-electron chi connectivity index (χ2n) is 5.94. The number of furan rings is 1. The highest BCUT2D eigenvalue weighted by atomic mass is 16.3. The molecular formula is C15H22N2O3. The summed E-state index contributed by atoms with van der Waals surface area (Å²) in [7, 11) is 0. The highest BCUT2D eigenvalue weighted by Crippen LogP contribution is 2.29. The van der Waals surface area contributed by atoms with Crippen molar-refractivity contribution in [3.05, 3.63) is 23.7 Å². The second kappa shape index (κ2) is 5.58. The van der Waals surface area contributed by atoms with Crippen LogP contribution < -0.4 is 0 Å². The first-order valence-electron chi connectivity index (χ1n) is 7.37. The van der Waals surface area contributed by atoms with Gasteiger partial charge in [0.1, 0.15) is 11.5 Å². The van der Waals surface area contributed by atoms with Gasteiger partial charge in [0.2, 0.25) is 5.91 Å². The van der Waals surface area contributed by atoms with E-state index >= 15 is 0 Å². The van der Waals surface area contributed by atoms with Crippen LogP contribution in [0.15, 0.2) is 16.5 Å². The lowest BCUT2D eigenvalue weighted by Crippen LogP contribution is -2.40. The molecule has 0 spiro atoms. The molecule has 1 aromatic rings. The number of aliphatic hydroxyl groups is 1. The van der Waals surface area contributed by atoms with Crippen molar-refractivity contribution in [3.8, 4) is 0 Å². The van der Waals surface area contributed by atoms with Crippen LogP contribution in [0.25, 0.3) is 0 Å². The molecule has 20 heavy (non-hydrogen) atoms. The van der Waals surface area contributed by atoms with Crippen molar-refractivity contribution in [1.82, 2.24) is 9.80 Å². The summed E-state index contributed by atoms with van der Waals surface area (Å²) in [5, 5.41) is 9.53. The third-order valence-corrected chi connectivity index (χ3v) is 4.04. The van der Waals surface area contributed by atoms with Gasteiger partial charge in [0, 0.05) is 19.1 Å². The normalized spacial score (nSPS) is 23.2. The minimum atomic E-state index is -0.273. The number of nitrogens with zero attached hydrogens (tertiary/aromatic N) is 2. The molecule has 5 heteroatoms. The van der Waals surface area contributed by atoms with Crippen molar-refractivity contribution < 1.29 is 14.3 Å². The van der Waals surface area contributed by atoms with Crippen molar-refractivity contribution in [2.45, 2.75) is 44.9 Å². The number of amides is 1. The molecule has 2 aliphatic rings. The zero-order valence-electron chi connectivity index (χ0n) is 11.9. The molecule has 2 heterocycles. The van der Waals surface area contributed by atoms with E-state index < -0.39 is 0 Å². The van der Waals surface area contributed by atoms with Crippen LogP contribution in [-0.4, -0.2) is 52.6 Å². The van der Waals surface area contributed by atoms with E-state index in [1.807, 2.05) is 28.9 Å². The quantitative estimate of drug-likeness (QED) is 0.877. The van der Waals surface area contributed by atoms with Crippen LogP contribution in [0.4, 0.5) is 0 Å². The van der Waals surface area contributed by atoms with Gasteiger partial charge in [-0.05, 0) is 38.3 Å². The van der Waals surface area contributed by atoms with Gasteiger partial charge in [-0.2, -0.15) is 0 Å². The smallest absolute Gasteiger partial charge is 0.237 e. The minimum absolute atomic E-state index is 0.149. The van der Waals surface area contributed by atoms with E-state index in [1.54, 1.807) is 0 Å². The summed E-state index contributed by atoms with van der Waals surface area (Å²) in [6.45, 7) is 4.31. The summed E-state index contributed by atoms with van der Waals surface area (Å²) >= 11 is 0. The Morgan fingerprint density at radius 3 is 2.80 bits per heavy atom. The van der Waals surface area contributed by atoms with Crippen LogP contribution in [0, 0.1) is 6.92 Å². The van der Waals surface area contributed by atoms with Gasteiger partial charge in [0.25, 0.3) is 0 Å². The monoisotopic (exact) mass is 278 g/mol. The first-order valence-corrected chi connectivity index (χ1v) is 7.37. The zero-order chi connectivity index (χ0) is 14.1. The van der Waals surface area contributed by atoms with Crippen LogP contribution in [0.1, 0.15) is 30.8 Å². The molecule has 1 atom stereocenters. The molecule has 2 fully saturated rings. The fraction of sp³-hybridized carbons (Fsp3) is 0.667. The Morgan fingerprint density at radius 2 is 2.25 bits per heavy atom. The lowest BCUT2D eigenvalue weighted by molar-refractivity contribution is -0.133. The summed E-state index contributed by atoms with van der Waals surface area (Å²) in [6.07, 6.45) is 2.68. The maximum absolute atomic E-state index is 12.5. The number of aryl methyl sites for hydroxylation is 1. The third kappa shape index (κ3) is 3.22. The van der Waals surface area contributed by atoms with Crippen LogP contribution in [0.3, 0.4) is 0 Å². The van der Waals surface area contributed by atoms with Crippen LogP contribution in [0.5, 0.6) is 0 Å². The van der Waals surface area contributed by atoms with Crippen molar-refractivity contribution in [2.75, 3.05) is 19.6 Å². The molecule has 1 saturated carbocycles. The van der Waals surface area contributed by atoms with Crippen LogP contribution >= 0.6 is 0 Å². The number of carbonyl (C=O) groups is 1. The Bertz CT molecular complexity index is 481. The first kappa shape index (κ1) is 13.6. The maximum atomic E-state index is 12.5. The van der Waals surface area contributed by atoms with Gasteiger partial charge in [-0.3, -0.25) is 9.69 Å². The number of hydrogen-bond acceptors (Lipinski definition) is 4. The Morgan fingerprint density at radius 1 is 1.45 bits per heavy atom. The molecule has 1 saturated heterocycles. The number of carbonyl (C=O) groups excluding carboxylic acids is 1. The number of rotatable bonds is 5. The zero-order valence-corrected chi connectivity index (χ0v) is 11.9. The van der Waals surface area contributed by atoms with Gasteiger partial charge >= 0.3 is 0 Å². The summed E-state index contributed by atoms with van der Waals surface area (Å²) in [5.41, 5.74) is 0. The standard InChI is InChI=1S/C15H22N2O3/c1-11-2-5-14(20-11)9-17(12-3-4-12)15(19)10-16-7-6-13(18)8-16/h2,5,12-13,18H,3-4,6-10H2,1H3/t13-/m1/s1. The summed E-state index contributed by atoms with van der Waals surface area (Å²) < 4.78 is 5.58. The Labute approximate surface area is 119 Å². The number of likely N-dealkylation sites (tertiary alicyclic amines) is 1. The first-order chi connectivity index (χ1) is 9.61. The number of β-amino-alcohol motifs (C(OH)–C–C–N with tert-alkyl or cyclic N) is 1. The van der Waals surface area contributed by atoms with Crippen molar-refractivity contribution in [3.63, 3.8) is 0 Å². The topological polar surface area (TPSA) is 56.9 Å². The van der Waals surface area contributed by atoms with E-state index in [0.29, 0.717) is 25.7 Å². The molecule has 1 N–H and O–H groups in total. The molecule has 0 bridgehead atoms. The maximum Gasteiger partial charge on any atom is 0.237 e. The van der Waals surface area contributed by atoms with E-state index in [2.05, 4.69) is 0 Å². The van der Waals surface area contributed by atoms with Gasteiger partial charge in [-0.1, -0.05) is 0 Å². The Hall–Kier alpha value is -1.33. The molecule has 0 radical (unpaired) electrons. The van der Waals surface area contributed by atoms with Gasteiger partial charge in [0.05, 0.1) is 19.2 Å². The lowest BCUT2D eigenvalue weighted by Gasteiger charge is -2.24. The predicted octanol–water partition coefficient (Wildman–Crippen LogP) is 1.15. The molecule has 0 aromatic carbocycles. The number of hydrogen-bond donors (Lipinski definition) is 1. The molecular weight excluding hydrogens is 256 g/mol. The highest BCUT2D eigenvalue weighted by Gasteiger charge is 2.34. The summed E-state index contributed by atoms with van der Waals surface area (Å²) in [4.78, 5) is 16.4. The summed E-state index contributed by atoms with van der Waals surface area (Å²) in [5.74, 6) is 1.88. The van der Waals surface area contributed by atoms with E-state index in [4.69, 9.17) is 4.42 Å². The van der Waals surface area contributed by atoms with Gasteiger partial charge < -0.3 is 14.4 Å². The molecule has 110 valence electrons. The molecule has 5 nitrogen and oxygen atoms in total. The van der Waals surface area contributed by atoms with Crippen molar-refractivity contribution in [1.29, 1.82) is 0 Å². The molecule has 1 aliphatic carbocycles. The van der Waals surface area contributed by atoms with Crippen molar-refractivity contribution >= 4 is 5.91 Å². The van der Waals surface area contributed by atoms with Crippen LogP contribution in [-0.2, 0) is 11.3 Å². The fourth-order valence-corrected chi connectivity index (χ4v) is 2.78. The Balaban J connectivity index is 1.60. The van der Waals surface area contributed by atoms with Crippen LogP contribution in [0.2, 0.25) is 0 Å². The molecule has 3 rings (SSSR count). The SMILES string of the molecule is Cc1ccc(CN(C(=O)CN2CC[C@@H](O)C2)C2CC2)o1. The summed E-state index contributed by atoms with van der Waals surface area (Å²) in [6, 6.07) is 4.25. The van der Waals surface area contributed by atoms with Gasteiger partial charge in [-0.25, -0.2) is 0 Å². The molecule has 1 aliphatic heterocycles. The largest absolute Gasteiger partial charge is 0.464 e. The van der Waals surface area contributed by atoms with E-state index in [0.717, 1.165) is 37.3 Å². The highest BCUT2D eigenvalue weighted by molar-refractivity contribution is 5.79. The van der Waals surface area contributed by atoms with E-state index in [-0.39, 0.29) is 12.0 Å². The van der Waals surface area contributed by atoms with E-state index in [1.165, 1.54) is 0 Å². The fourth-order valence-electron chi connectivity index (χ4n) is 2.78. The third-order valence-electron chi connectivity index (χ3n) is 4.04. The molecule has 1 aromatic heterocycles. The minimum Gasteiger partial charge on any atom is -0.464 e. The molecule has 1 amide bonds. The predicted molar refractivity (Wildman–Crippen MR) is 74.1 cm³/mol.